The minimum Gasteiger partial charge on any atom is -0.358 e. The van der Waals surface area contributed by atoms with Crippen LogP contribution in [0, 0.1) is 0 Å². The highest BCUT2D eigenvalue weighted by Gasteiger charge is 2.38. The van der Waals surface area contributed by atoms with E-state index in [4.69, 9.17) is 9.47 Å². The third-order valence-electron chi connectivity index (χ3n) is 6.30. The Morgan fingerprint density at radius 2 is 1.39 bits per heavy atom. The summed E-state index contributed by atoms with van der Waals surface area (Å²) in [7, 11) is 0. The Morgan fingerprint density at radius 3 is 1.89 bits per heavy atom. The molecule has 5 rings (SSSR count). The van der Waals surface area contributed by atoms with Gasteiger partial charge in [-0.05, 0) is 22.8 Å². The molecule has 0 amide bonds. The zero-order valence-corrected chi connectivity index (χ0v) is 19.6. The molecule has 2 atom stereocenters. The van der Waals surface area contributed by atoms with E-state index in [9.17, 15) is 9.59 Å². The predicted octanol–water partition coefficient (Wildman–Crippen LogP) is 4.64. The van der Waals surface area contributed by atoms with Crippen molar-refractivity contribution in [2.45, 2.75) is 17.9 Å². The molecule has 1 aliphatic rings. The fraction of sp³-hybridized carbons (Fsp3) is 0.133. The highest BCUT2D eigenvalue weighted by molar-refractivity contribution is 5.47. The fourth-order valence-corrected chi connectivity index (χ4v) is 4.55. The van der Waals surface area contributed by atoms with Crippen LogP contribution in [0.2, 0.25) is 0 Å². The van der Waals surface area contributed by atoms with Gasteiger partial charge in [0, 0.05) is 6.20 Å². The fourth-order valence-electron chi connectivity index (χ4n) is 4.55. The van der Waals surface area contributed by atoms with Crippen molar-refractivity contribution in [2.75, 3.05) is 6.61 Å². The second-order valence-electron chi connectivity index (χ2n) is 8.50. The van der Waals surface area contributed by atoms with Crippen LogP contribution in [0.5, 0.6) is 0 Å². The lowest BCUT2D eigenvalue weighted by Crippen LogP contribution is -2.36. The molecule has 1 aromatic heterocycles. The van der Waals surface area contributed by atoms with Crippen molar-refractivity contribution >= 4 is 6.08 Å². The number of aromatic amines is 1. The first kappa shape index (κ1) is 23.5. The van der Waals surface area contributed by atoms with Crippen molar-refractivity contribution < 1.29 is 9.47 Å². The third-order valence-corrected chi connectivity index (χ3v) is 6.30. The third kappa shape index (κ3) is 4.40. The Kier molecular flexibility index (Phi) is 6.62. The molecule has 0 spiro atoms. The van der Waals surface area contributed by atoms with E-state index in [0.29, 0.717) is 5.56 Å². The Hall–Kier alpha value is -4.26. The van der Waals surface area contributed by atoms with Gasteiger partial charge < -0.3 is 9.47 Å². The van der Waals surface area contributed by atoms with E-state index in [1.54, 1.807) is 6.08 Å². The zero-order chi connectivity index (χ0) is 25.0. The summed E-state index contributed by atoms with van der Waals surface area (Å²) in [6, 6.07) is 30.3. The maximum absolute atomic E-state index is 12.4. The highest BCUT2D eigenvalue weighted by atomic mass is 16.6. The zero-order valence-electron chi connectivity index (χ0n) is 19.6. The second-order valence-corrected chi connectivity index (χ2v) is 8.50. The Labute approximate surface area is 208 Å². The number of nitrogens with one attached hydrogen (secondary N) is 1. The standard InChI is InChI=1S/C30H26N2O4/c1-2-22-20-32(29(34)31-28(22)33)27-19-18-26(36-27)21-35-30(23-12-6-3-7-13-23,24-14-8-4-9-15-24)25-16-10-5-11-17-25/h2-20,26-27H,1,21H2,(H,31,33,34)/t26-,27+/m0/s1. The number of H-pyrrole nitrogens is 1. The minimum absolute atomic E-state index is 0.234. The average molecular weight is 479 g/mol. The molecule has 0 radical (unpaired) electrons. The van der Waals surface area contributed by atoms with E-state index in [1.807, 2.05) is 60.7 Å². The molecule has 4 aromatic rings. The van der Waals surface area contributed by atoms with Crippen LogP contribution >= 0.6 is 0 Å². The summed E-state index contributed by atoms with van der Waals surface area (Å²) < 4.78 is 14.3. The van der Waals surface area contributed by atoms with Gasteiger partial charge in [-0.1, -0.05) is 110 Å². The number of hydrogen-bond acceptors (Lipinski definition) is 4. The lowest BCUT2D eigenvalue weighted by Gasteiger charge is -2.36. The molecule has 3 aromatic carbocycles. The maximum Gasteiger partial charge on any atom is 0.330 e. The van der Waals surface area contributed by atoms with Crippen molar-refractivity contribution in [1.82, 2.24) is 9.55 Å². The molecule has 2 heterocycles. The SMILES string of the molecule is C=Cc1cn([C@H]2C=C[C@@H](COC(c3ccccc3)(c3ccccc3)c3ccccc3)O2)c(=O)[nH]c1=O. The molecule has 180 valence electrons. The molecular formula is C30H26N2O4. The maximum atomic E-state index is 12.4. The molecule has 6 nitrogen and oxygen atoms in total. The number of aromatic nitrogens is 2. The van der Waals surface area contributed by atoms with Crippen molar-refractivity contribution in [3.63, 3.8) is 0 Å². The topological polar surface area (TPSA) is 73.3 Å². The van der Waals surface area contributed by atoms with Crippen LogP contribution in [0.3, 0.4) is 0 Å². The van der Waals surface area contributed by atoms with Gasteiger partial charge >= 0.3 is 5.69 Å². The monoisotopic (exact) mass is 478 g/mol. The molecule has 0 fully saturated rings. The molecule has 1 aliphatic heterocycles. The van der Waals surface area contributed by atoms with Crippen LogP contribution in [0.4, 0.5) is 0 Å². The summed E-state index contributed by atoms with van der Waals surface area (Å²) in [5.74, 6) is 0. The second kappa shape index (κ2) is 10.2. The van der Waals surface area contributed by atoms with Gasteiger partial charge in [-0.3, -0.25) is 14.3 Å². The van der Waals surface area contributed by atoms with E-state index >= 15 is 0 Å². The molecular weight excluding hydrogens is 452 g/mol. The van der Waals surface area contributed by atoms with Crippen LogP contribution in [-0.4, -0.2) is 22.3 Å². The Balaban J connectivity index is 1.48. The first-order chi connectivity index (χ1) is 17.6. The van der Waals surface area contributed by atoms with Gasteiger partial charge in [-0.25, -0.2) is 4.79 Å². The first-order valence-corrected chi connectivity index (χ1v) is 11.7. The number of rotatable bonds is 8. The molecule has 0 bridgehead atoms. The largest absolute Gasteiger partial charge is 0.358 e. The number of benzene rings is 3. The van der Waals surface area contributed by atoms with Crippen LogP contribution in [0.1, 0.15) is 28.5 Å². The van der Waals surface area contributed by atoms with Crippen LogP contribution in [-0.2, 0) is 15.1 Å². The summed E-state index contributed by atoms with van der Waals surface area (Å²) in [4.78, 5) is 26.6. The Bertz CT molecular complexity index is 1380. The molecule has 36 heavy (non-hydrogen) atoms. The molecule has 0 saturated carbocycles. The smallest absolute Gasteiger partial charge is 0.330 e. The normalized spacial score (nSPS) is 17.2. The number of ether oxygens (including phenoxy) is 2. The van der Waals surface area contributed by atoms with Crippen LogP contribution in [0.15, 0.2) is 126 Å². The lowest BCUT2D eigenvalue weighted by molar-refractivity contribution is -0.0685. The highest BCUT2D eigenvalue weighted by Crippen LogP contribution is 2.41. The first-order valence-electron chi connectivity index (χ1n) is 11.7. The van der Waals surface area contributed by atoms with Gasteiger partial charge in [-0.2, -0.15) is 0 Å². The molecule has 0 aliphatic carbocycles. The van der Waals surface area contributed by atoms with Gasteiger partial charge in [0.1, 0.15) is 11.7 Å². The van der Waals surface area contributed by atoms with E-state index < -0.39 is 29.2 Å². The van der Waals surface area contributed by atoms with Crippen molar-refractivity contribution in [3.8, 4) is 0 Å². The summed E-state index contributed by atoms with van der Waals surface area (Å²) in [6.07, 6.45) is 5.45. The quantitative estimate of drug-likeness (QED) is 0.296. The van der Waals surface area contributed by atoms with Gasteiger partial charge in [0.15, 0.2) is 6.23 Å². The van der Waals surface area contributed by atoms with E-state index in [-0.39, 0.29) is 6.61 Å². The van der Waals surface area contributed by atoms with Crippen molar-refractivity contribution in [1.29, 1.82) is 0 Å². The van der Waals surface area contributed by atoms with Crippen molar-refractivity contribution in [2.24, 2.45) is 0 Å². The van der Waals surface area contributed by atoms with Crippen molar-refractivity contribution in [3.05, 3.63) is 159 Å². The molecule has 0 saturated heterocycles. The minimum atomic E-state index is -0.871. The number of nitrogens with zero attached hydrogens (tertiary/aromatic N) is 1. The average Bonchev–Trinajstić information content (AvgIpc) is 3.40. The lowest BCUT2D eigenvalue weighted by atomic mass is 9.80. The Morgan fingerprint density at radius 1 is 0.861 bits per heavy atom. The summed E-state index contributed by atoms with van der Waals surface area (Å²) >= 11 is 0. The van der Waals surface area contributed by atoms with E-state index in [1.165, 1.54) is 16.8 Å². The van der Waals surface area contributed by atoms with E-state index in [2.05, 4.69) is 48.0 Å². The summed E-state index contributed by atoms with van der Waals surface area (Å²) in [5.41, 5.74) is 1.38. The predicted molar refractivity (Wildman–Crippen MR) is 140 cm³/mol. The van der Waals surface area contributed by atoms with Crippen LogP contribution < -0.4 is 11.2 Å². The molecule has 0 unspecified atom stereocenters. The molecule has 1 N–H and O–H groups in total. The summed E-state index contributed by atoms with van der Waals surface area (Å²) in [5, 5.41) is 0. The molecule has 6 heteroatoms. The van der Waals surface area contributed by atoms with Gasteiger partial charge in [0.25, 0.3) is 5.56 Å². The van der Waals surface area contributed by atoms with Gasteiger partial charge in [-0.15, -0.1) is 0 Å². The van der Waals surface area contributed by atoms with E-state index in [0.717, 1.165) is 16.7 Å². The number of hydrogen-bond donors (Lipinski definition) is 1. The van der Waals surface area contributed by atoms with Gasteiger partial charge in [0.2, 0.25) is 0 Å². The summed E-state index contributed by atoms with van der Waals surface area (Å²) in [6.45, 7) is 3.87. The van der Waals surface area contributed by atoms with Crippen LogP contribution in [0.25, 0.3) is 6.08 Å². The van der Waals surface area contributed by atoms with Gasteiger partial charge in [0.05, 0.1) is 12.2 Å².